The van der Waals surface area contributed by atoms with E-state index in [9.17, 15) is 4.79 Å². The van der Waals surface area contributed by atoms with Gasteiger partial charge in [-0.05, 0) is 50.6 Å². The van der Waals surface area contributed by atoms with E-state index in [-0.39, 0.29) is 5.43 Å². The Morgan fingerprint density at radius 3 is 2.81 bits per heavy atom. The van der Waals surface area contributed by atoms with Gasteiger partial charge in [0.2, 0.25) is 0 Å². The molecule has 1 atom stereocenters. The van der Waals surface area contributed by atoms with Crippen LogP contribution in [0.2, 0.25) is 0 Å². The van der Waals surface area contributed by atoms with Crippen molar-refractivity contribution in [1.82, 2.24) is 4.90 Å². The van der Waals surface area contributed by atoms with Gasteiger partial charge in [0, 0.05) is 12.1 Å². The fraction of sp³-hybridized carbons (Fsp3) is 0.348. The van der Waals surface area contributed by atoms with Crippen LogP contribution in [0.25, 0.3) is 22.1 Å². The van der Waals surface area contributed by atoms with E-state index in [1.165, 1.54) is 25.8 Å². The van der Waals surface area contributed by atoms with E-state index in [0.717, 1.165) is 17.7 Å². The Morgan fingerprint density at radius 2 is 2.00 bits per heavy atom. The third-order valence-corrected chi connectivity index (χ3v) is 5.47. The van der Waals surface area contributed by atoms with Gasteiger partial charge in [0.05, 0.1) is 17.6 Å². The van der Waals surface area contributed by atoms with Crippen molar-refractivity contribution in [2.24, 2.45) is 0 Å². The normalized spacial score (nSPS) is 17.9. The molecule has 2 aromatic carbocycles. The molecule has 1 saturated heterocycles. The van der Waals surface area contributed by atoms with Crippen molar-refractivity contribution < 1.29 is 9.15 Å². The van der Waals surface area contributed by atoms with Crippen LogP contribution in [0, 0.1) is 0 Å². The van der Waals surface area contributed by atoms with Crippen molar-refractivity contribution in [2.75, 3.05) is 20.2 Å². The van der Waals surface area contributed by atoms with Gasteiger partial charge in [0.15, 0.2) is 5.43 Å². The summed E-state index contributed by atoms with van der Waals surface area (Å²) in [6, 6.07) is 15.7. The maximum atomic E-state index is 12.8. The highest BCUT2D eigenvalue weighted by atomic mass is 16.5. The van der Waals surface area contributed by atoms with Crippen molar-refractivity contribution in [3.8, 4) is 16.9 Å². The molecular weight excluding hydrogens is 338 g/mol. The number of likely N-dealkylation sites (tertiary alicyclic amines) is 1. The molecule has 3 aromatic rings. The van der Waals surface area contributed by atoms with Crippen LogP contribution in [0.15, 0.2) is 64.0 Å². The summed E-state index contributed by atoms with van der Waals surface area (Å²) < 4.78 is 11.7. The van der Waals surface area contributed by atoms with E-state index in [1.807, 2.05) is 42.5 Å². The van der Waals surface area contributed by atoms with Crippen molar-refractivity contribution in [1.29, 1.82) is 0 Å². The molecule has 0 saturated carbocycles. The fourth-order valence-corrected chi connectivity index (χ4v) is 3.84. The summed E-state index contributed by atoms with van der Waals surface area (Å²) in [4.78, 5) is 15.2. The van der Waals surface area contributed by atoms with Gasteiger partial charge in [0.1, 0.15) is 17.6 Å². The van der Waals surface area contributed by atoms with Crippen LogP contribution in [0.1, 0.15) is 25.7 Å². The molecule has 1 unspecified atom stereocenters. The molecule has 0 aliphatic carbocycles. The molecule has 0 radical (unpaired) electrons. The summed E-state index contributed by atoms with van der Waals surface area (Å²) >= 11 is 0. The smallest absolute Gasteiger partial charge is 0.200 e. The average Bonchev–Trinajstić information content (AvgIpc) is 2.70. The lowest BCUT2D eigenvalue weighted by atomic mass is 10.0. The molecule has 4 nitrogen and oxygen atoms in total. The molecule has 0 bridgehead atoms. The highest BCUT2D eigenvalue weighted by Crippen LogP contribution is 2.24. The Morgan fingerprint density at radius 1 is 1.15 bits per heavy atom. The van der Waals surface area contributed by atoms with E-state index in [0.29, 0.717) is 29.2 Å². The Kier molecular flexibility index (Phi) is 5.26. The van der Waals surface area contributed by atoms with Crippen LogP contribution < -0.4 is 10.2 Å². The summed E-state index contributed by atoms with van der Waals surface area (Å²) in [5.41, 5.74) is 1.99. The summed E-state index contributed by atoms with van der Waals surface area (Å²) in [6.07, 6.45) is 6.41. The third-order valence-electron chi connectivity index (χ3n) is 5.47. The number of rotatable bonds is 5. The minimum Gasteiger partial charge on any atom is -0.493 e. The maximum absolute atomic E-state index is 12.8. The molecule has 140 valence electrons. The van der Waals surface area contributed by atoms with Gasteiger partial charge in [0.25, 0.3) is 0 Å². The first-order valence-electron chi connectivity index (χ1n) is 9.66. The van der Waals surface area contributed by atoms with Gasteiger partial charge in [-0.3, -0.25) is 4.79 Å². The lowest BCUT2D eigenvalue weighted by Crippen LogP contribution is -2.37. The van der Waals surface area contributed by atoms with Crippen molar-refractivity contribution in [3.63, 3.8) is 0 Å². The summed E-state index contributed by atoms with van der Waals surface area (Å²) in [7, 11) is 2.19. The van der Waals surface area contributed by atoms with Gasteiger partial charge < -0.3 is 14.1 Å². The Bertz CT molecular complexity index is 964. The molecule has 0 N–H and O–H groups in total. The van der Waals surface area contributed by atoms with E-state index >= 15 is 0 Å². The largest absolute Gasteiger partial charge is 0.493 e. The number of piperidine rings is 1. The number of hydrogen-bond acceptors (Lipinski definition) is 4. The second kappa shape index (κ2) is 7.97. The van der Waals surface area contributed by atoms with Gasteiger partial charge >= 0.3 is 0 Å². The molecule has 1 fully saturated rings. The van der Waals surface area contributed by atoms with Gasteiger partial charge in [-0.25, -0.2) is 0 Å². The Balaban J connectivity index is 1.49. The summed E-state index contributed by atoms with van der Waals surface area (Å²) in [5.74, 6) is 0.747. The first-order chi connectivity index (χ1) is 13.2. The van der Waals surface area contributed by atoms with Crippen LogP contribution in [0.3, 0.4) is 0 Å². The van der Waals surface area contributed by atoms with Gasteiger partial charge in [-0.1, -0.05) is 36.8 Å². The van der Waals surface area contributed by atoms with Crippen molar-refractivity contribution in [3.05, 3.63) is 65.0 Å². The Hall–Kier alpha value is -2.59. The lowest BCUT2D eigenvalue weighted by Gasteiger charge is -2.32. The van der Waals surface area contributed by atoms with Crippen LogP contribution >= 0.6 is 0 Å². The highest BCUT2D eigenvalue weighted by molar-refractivity contribution is 5.82. The van der Waals surface area contributed by atoms with Crippen LogP contribution in [-0.4, -0.2) is 31.1 Å². The topological polar surface area (TPSA) is 42.7 Å². The monoisotopic (exact) mass is 363 g/mol. The van der Waals surface area contributed by atoms with Crippen LogP contribution in [0.4, 0.5) is 0 Å². The minimum absolute atomic E-state index is 0.0159. The number of benzene rings is 2. The van der Waals surface area contributed by atoms with Crippen LogP contribution in [-0.2, 0) is 0 Å². The van der Waals surface area contributed by atoms with Crippen molar-refractivity contribution in [2.45, 2.75) is 31.7 Å². The molecule has 1 aliphatic rings. The third kappa shape index (κ3) is 3.91. The first kappa shape index (κ1) is 17.8. The molecule has 4 rings (SSSR count). The van der Waals surface area contributed by atoms with E-state index < -0.39 is 0 Å². The average molecular weight is 363 g/mol. The molecular formula is C23H25NO3. The SMILES string of the molecule is CN1CCCCC1CCOc1ccc2c(=O)c(-c3ccccc3)coc2c1. The number of ether oxygens (including phenoxy) is 1. The number of nitrogens with zero attached hydrogens (tertiary/aromatic N) is 1. The lowest BCUT2D eigenvalue weighted by molar-refractivity contribution is 0.153. The standard InChI is InChI=1S/C23H25NO3/c1-24-13-6-5-9-18(24)12-14-26-19-10-11-20-22(15-19)27-16-21(23(20)25)17-7-3-2-4-8-17/h2-4,7-8,10-11,15-16,18H,5-6,9,12-14H2,1H3. The predicted molar refractivity (Wildman–Crippen MR) is 108 cm³/mol. The van der Waals surface area contributed by atoms with Gasteiger partial charge in [-0.15, -0.1) is 0 Å². The molecule has 0 spiro atoms. The molecule has 0 amide bonds. The number of hydrogen-bond donors (Lipinski definition) is 0. The first-order valence-corrected chi connectivity index (χ1v) is 9.66. The summed E-state index contributed by atoms with van der Waals surface area (Å²) in [6.45, 7) is 1.85. The van der Waals surface area contributed by atoms with E-state index in [4.69, 9.17) is 9.15 Å². The molecule has 1 aromatic heterocycles. The Labute approximate surface area is 159 Å². The zero-order valence-electron chi connectivity index (χ0n) is 15.7. The minimum atomic E-state index is -0.0159. The number of fused-ring (bicyclic) bond motifs is 1. The molecule has 4 heteroatoms. The zero-order chi connectivity index (χ0) is 18.6. The molecule has 2 heterocycles. The van der Waals surface area contributed by atoms with Gasteiger partial charge in [-0.2, -0.15) is 0 Å². The second-order valence-corrected chi connectivity index (χ2v) is 7.27. The highest BCUT2D eigenvalue weighted by Gasteiger charge is 2.18. The predicted octanol–water partition coefficient (Wildman–Crippen LogP) is 4.71. The summed E-state index contributed by atoms with van der Waals surface area (Å²) in [5, 5.41) is 0.579. The van der Waals surface area contributed by atoms with E-state index in [2.05, 4.69) is 11.9 Å². The fourth-order valence-electron chi connectivity index (χ4n) is 3.84. The van der Waals surface area contributed by atoms with Crippen LogP contribution in [0.5, 0.6) is 5.75 Å². The van der Waals surface area contributed by atoms with E-state index in [1.54, 1.807) is 12.3 Å². The zero-order valence-corrected chi connectivity index (χ0v) is 15.7. The quantitative estimate of drug-likeness (QED) is 0.658. The maximum Gasteiger partial charge on any atom is 0.200 e. The molecule has 1 aliphatic heterocycles. The van der Waals surface area contributed by atoms with Crippen molar-refractivity contribution >= 4 is 11.0 Å². The second-order valence-electron chi connectivity index (χ2n) is 7.27. The molecule has 27 heavy (non-hydrogen) atoms.